The summed E-state index contributed by atoms with van der Waals surface area (Å²) in [6, 6.07) is 7.61. The average molecular weight is 461 g/mol. The molecule has 1 aromatic carbocycles. The van der Waals surface area contributed by atoms with Crippen molar-refractivity contribution in [1.82, 2.24) is 10.6 Å². The first-order chi connectivity index (χ1) is 15.6. The van der Waals surface area contributed by atoms with Crippen LogP contribution in [0, 0.1) is 17.3 Å². The number of nitrogens with one attached hydrogen (secondary N) is 2. The molecule has 2 rings (SSSR count). The highest BCUT2D eigenvalue weighted by molar-refractivity contribution is 5.91. The molecule has 2 N–H and O–H groups in total. The van der Waals surface area contributed by atoms with Crippen LogP contribution in [0.3, 0.4) is 0 Å². The molecule has 0 saturated heterocycles. The predicted molar refractivity (Wildman–Crippen MR) is 128 cm³/mol. The molecule has 33 heavy (non-hydrogen) atoms. The molecule has 1 aliphatic carbocycles. The number of aryl methyl sites for hydroxylation is 1. The molecule has 0 spiro atoms. The number of carbonyl (C=O) groups is 3. The highest BCUT2D eigenvalue weighted by Gasteiger charge is 2.41. The van der Waals surface area contributed by atoms with Crippen LogP contribution in [0.15, 0.2) is 24.3 Å². The third-order valence-corrected chi connectivity index (χ3v) is 6.33. The van der Waals surface area contributed by atoms with Crippen LogP contribution in [0.1, 0.15) is 58.1 Å². The van der Waals surface area contributed by atoms with Crippen LogP contribution in [-0.4, -0.2) is 50.7 Å². The number of rotatable bonds is 10. The lowest BCUT2D eigenvalue weighted by atomic mass is 9.77. The molecule has 2 amide bonds. The van der Waals surface area contributed by atoms with Crippen molar-refractivity contribution in [3.63, 3.8) is 0 Å². The van der Waals surface area contributed by atoms with E-state index in [1.807, 2.05) is 39.8 Å². The van der Waals surface area contributed by atoms with Gasteiger partial charge in [0, 0.05) is 13.7 Å². The second-order valence-electron chi connectivity index (χ2n) is 9.96. The van der Waals surface area contributed by atoms with E-state index in [2.05, 4.69) is 22.8 Å². The van der Waals surface area contributed by atoms with E-state index in [1.165, 1.54) is 18.2 Å². The molecule has 0 unspecified atom stereocenters. The summed E-state index contributed by atoms with van der Waals surface area (Å²) in [6.45, 7) is 7.97. The van der Waals surface area contributed by atoms with Gasteiger partial charge >= 0.3 is 5.97 Å². The first kappa shape index (κ1) is 26.8. The number of hydrogen-bond donors (Lipinski definition) is 2. The van der Waals surface area contributed by atoms with E-state index in [9.17, 15) is 14.4 Å². The standard InChI is InChI=1S/C26H40N2O5/c1-7-14-33-21(25(31)32-6)20(23(29)28-22(24(30)27-5)26(2,3)4)16-17-12-13-18-10-8-9-11-19(18)15-17/h8-11,17,20-22H,7,12-16H2,1-6H3,(H,27,30)(H,28,29)/t17-,20-,21+,22-/m1/s1. The van der Waals surface area contributed by atoms with Gasteiger partial charge in [-0.3, -0.25) is 9.59 Å². The number of benzene rings is 1. The minimum absolute atomic E-state index is 0.223. The molecule has 0 bridgehead atoms. The van der Waals surface area contributed by atoms with Crippen molar-refractivity contribution >= 4 is 17.8 Å². The quantitative estimate of drug-likeness (QED) is 0.524. The normalized spacial score (nSPS) is 18.4. The zero-order valence-corrected chi connectivity index (χ0v) is 20.9. The van der Waals surface area contributed by atoms with Crippen molar-refractivity contribution in [1.29, 1.82) is 0 Å². The molecule has 0 radical (unpaired) electrons. The van der Waals surface area contributed by atoms with E-state index in [-0.39, 0.29) is 17.7 Å². The van der Waals surface area contributed by atoms with Gasteiger partial charge in [0.1, 0.15) is 6.04 Å². The van der Waals surface area contributed by atoms with Gasteiger partial charge in [-0.05, 0) is 54.6 Å². The van der Waals surface area contributed by atoms with E-state index in [0.717, 1.165) is 19.3 Å². The number of esters is 1. The van der Waals surface area contributed by atoms with Gasteiger partial charge in [-0.25, -0.2) is 4.79 Å². The lowest BCUT2D eigenvalue weighted by molar-refractivity contribution is -0.162. The molecular weight excluding hydrogens is 420 g/mol. The first-order valence-corrected chi connectivity index (χ1v) is 11.9. The van der Waals surface area contributed by atoms with Crippen molar-refractivity contribution in [2.24, 2.45) is 17.3 Å². The Morgan fingerprint density at radius 3 is 2.36 bits per heavy atom. The second-order valence-corrected chi connectivity index (χ2v) is 9.96. The fourth-order valence-electron chi connectivity index (χ4n) is 4.48. The van der Waals surface area contributed by atoms with Crippen LogP contribution in [0.4, 0.5) is 0 Å². The zero-order chi connectivity index (χ0) is 24.6. The smallest absolute Gasteiger partial charge is 0.335 e. The molecule has 0 fully saturated rings. The lowest BCUT2D eigenvalue weighted by Gasteiger charge is -2.34. The van der Waals surface area contributed by atoms with Gasteiger partial charge in [-0.1, -0.05) is 52.0 Å². The number of methoxy groups -OCH3 is 1. The molecule has 0 saturated carbocycles. The number of hydrogen-bond acceptors (Lipinski definition) is 5. The molecule has 184 valence electrons. The fourth-order valence-corrected chi connectivity index (χ4v) is 4.48. The monoisotopic (exact) mass is 460 g/mol. The van der Waals surface area contributed by atoms with Crippen LogP contribution >= 0.6 is 0 Å². The molecule has 0 aromatic heterocycles. The summed E-state index contributed by atoms with van der Waals surface area (Å²) in [5.41, 5.74) is 2.12. The molecule has 1 aromatic rings. The Kier molecular flexibility index (Phi) is 9.89. The summed E-state index contributed by atoms with van der Waals surface area (Å²) in [6.07, 6.45) is 2.89. The van der Waals surface area contributed by atoms with Crippen LogP contribution in [-0.2, 0) is 36.7 Å². The molecule has 7 heteroatoms. The largest absolute Gasteiger partial charge is 0.467 e. The average Bonchev–Trinajstić information content (AvgIpc) is 2.80. The van der Waals surface area contributed by atoms with E-state index in [4.69, 9.17) is 9.47 Å². The van der Waals surface area contributed by atoms with E-state index in [1.54, 1.807) is 7.05 Å². The van der Waals surface area contributed by atoms with Gasteiger partial charge in [0.25, 0.3) is 0 Å². The van der Waals surface area contributed by atoms with Crippen LogP contribution in [0.5, 0.6) is 0 Å². The van der Waals surface area contributed by atoms with Gasteiger partial charge < -0.3 is 20.1 Å². The highest BCUT2D eigenvalue weighted by atomic mass is 16.6. The molecule has 1 aliphatic rings. The van der Waals surface area contributed by atoms with Gasteiger partial charge in [0.05, 0.1) is 13.0 Å². The van der Waals surface area contributed by atoms with Crippen molar-refractivity contribution in [3.8, 4) is 0 Å². The van der Waals surface area contributed by atoms with Crippen LogP contribution < -0.4 is 10.6 Å². The Morgan fingerprint density at radius 2 is 1.79 bits per heavy atom. The van der Waals surface area contributed by atoms with Crippen molar-refractivity contribution in [2.45, 2.75) is 71.9 Å². The summed E-state index contributed by atoms with van der Waals surface area (Å²) < 4.78 is 10.9. The number of carbonyl (C=O) groups excluding carboxylic acids is 3. The van der Waals surface area contributed by atoms with E-state index < -0.39 is 29.4 Å². The summed E-state index contributed by atoms with van der Waals surface area (Å²) in [4.78, 5) is 38.8. The Morgan fingerprint density at radius 1 is 1.12 bits per heavy atom. The predicted octanol–water partition coefficient (Wildman–Crippen LogP) is 3.04. The molecule has 0 heterocycles. The topological polar surface area (TPSA) is 93.7 Å². The minimum atomic E-state index is -1.02. The minimum Gasteiger partial charge on any atom is -0.467 e. The Balaban J connectivity index is 2.31. The Labute approximate surface area is 198 Å². The number of likely N-dealkylation sites (N-methyl/N-ethyl adjacent to an activating group) is 1. The summed E-state index contributed by atoms with van der Waals surface area (Å²) in [5, 5.41) is 5.54. The molecule has 0 aliphatic heterocycles. The maximum atomic E-state index is 13.6. The zero-order valence-electron chi connectivity index (χ0n) is 20.9. The third-order valence-electron chi connectivity index (χ3n) is 6.33. The van der Waals surface area contributed by atoms with Crippen LogP contribution in [0.2, 0.25) is 0 Å². The van der Waals surface area contributed by atoms with Crippen LogP contribution in [0.25, 0.3) is 0 Å². The molecule has 7 nitrogen and oxygen atoms in total. The van der Waals surface area contributed by atoms with Gasteiger partial charge in [-0.2, -0.15) is 0 Å². The molecule has 4 atom stereocenters. The number of fused-ring (bicyclic) bond motifs is 1. The Hall–Kier alpha value is -2.41. The van der Waals surface area contributed by atoms with Crippen molar-refractivity contribution < 1.29 is 23.9 Å². The van der Waals surface area contributed by atoms with E-state index in [0.29, 0.717) is 19.4 Å². The maximum absolute atomic E-state index is 13.6. The van der Waals surface area contributed by atoms with Gasteiger partial charge in [-0.15, -0.1) is 0 Å². The van der Waals surface area contributed by atoms with Crippen molar-refractivity contribution in [2.75, 3.05) is 20.8 Å². The lowest BCUT2D eigenvalue weighted by Crippen LogP contribution is -2.56. The fraction of sp³-hybridized carbons (Fsp3) is 0.654. The second kappa shape index (κ2) is 12.2. The van der Waals surface area contributed by atoms with Gasteiger partial charge in [0.2, 0.25) is 11.8 Å². The van der Waals surface area contributed by atoms with E-state index >= 15 is 0 Å². The number of amides is 2. The maximum Gasteiger partial charge on any atom is 0.335 e. The SMILES string of the molecule is CCCO[C@H](C(=O)OC)[C@@H](C[C@@H]1CCc2ccccc2C1)C(=O)N[C@H](C(=O)NC)C(C)(C)C. The third kappa shape index (κ3) is 7.29. The first-order valence-electron chi connectivity index (χ1n) is 11.9. The summed E-state index contributed by atoms with van der Waals surface area (Å²) in [5.74, 6) is -1.73. The summed E-state index contributed by atoms with van der Waals surface area (Å²) >= 11 is 0. The molecular formula is C26H40N2O5. The highest BCUT2D eigenvalue weighted by Crippen LogP contribution is 2.32. The van der Waals surface area contributed by atoms with Crippen molar-refractivity contribution in [3.05, 3.63) is 35.4 Å². The summed E-state index contributed by atoms with van der Waals surface area (Å²) in [7, 11) is 2.85. The van der Waals surface area contributed by atoms with Gasteiger partial charge in [0.15, 0.2) is 6.10 Å². The number of ether oxygens (including phenoxy) is 2. The Bertz CT molecular complexity index is 817.